The molecule has 2 rings (SSSR count). The summed E-state index contributed by atoms with van der Waals surface area (Å²) in [5, 5.41) is 16.2. The van der Waals surface area contributed by atoms with Crippen molar-refractivity contribution in [2.24, 2.45) is 0 Å². The predicted molar refractivity (Wildman–Crippen MR) is 70.2 cm³/mol. The molecule has 20 heavy (non-hydrogen) atoms. The first-order valence-corrected chi connectivity index (χ1v) is 6.84. The summed E-state index contributed by atoms with van der Waals surface area (Å²) >= 11 is 1.45. The van der Waals surface area contributed by atoms with Gasteiger partial charge in [-0.3, -0.25) is 4.98 Å². The van der Waals surface area contributed by atoms with Crippen LogP contribution in [0.1, 0.15) is 22.9 Å². The first-order chi connectivity index (χ1) is 9.48. The lowest BCUT2D eigenvalue weighted by atomic mass is 10.1. The van der Waals surface area contributed by atoms with Crippen LogP contribution in [0.15, 0.2) is 35.2 Å². The fourth-order valence-corrected chi connectivity index (χ4v) is 2.45. The van der Waals surface area contributed by atoms with Crippen LogP contribution in [0.5, 0.6) is 0 Å². The Bertz CT molecular complexity index is 543. The molecule has 0 aliphatic rings. The highest BCUT2D eigenvalue weighted by atomic mass is 32.1. The highest BCUT2D eigenvalue weighted by Crippen LogP contribution is 2.30. The summed E-state index contributed by atoms with van der Waals surface area (Å²) in [5.74, 6) is 0. The van der Waals surface area contributed by atoms with Gasteiger partial charge < -0.3 is 10.4 Å². The second kappa shape index (κ2) is 6.34. The van der Waals surface area contributed by atoms with E-state index < -0.39 is 17.8 Å². The smallest absolute Gasteiger partial charge is 0.387 e. The molecule has 0 amide bonds. The van der Waals surface area contributed by atoms with E-state index in [2.05, 4.69) is 10.3 Å². The third-order valence-corrected chi connectivity index (χ3v) is 3.46. The summed E-state index contributed by atoms with van der Waals surface area (Å²) in [7, 11) is 0. The molecule has 3 nitrogen and oxygen atoms in total. The van der Waals surface area contributed by atoms with Crippen LogP contribution in [0.25, 0.3) is 0 Å². The van der Waals surface area contributed by atoms with E-state index in [4.69, 9.17) is 0 Å². The summed E-state index contributed by atoms with van der Waals surface area (Å²) < 4.78 is 38.2. The molecule has 7 heteroatoms. The molecule has 2 N–H and O–H groups in total. The third kappa shape index (κ3) is 3.78. The monoisotopic (exact) mass is 302 g/mol. The van der Waals surface area contributed by atoms with Gasteiger partial charge >= 0.3 is 6.18 Å². The quantitative estimate of drug-likeness (QED) is 0.892. The zero-order valence-electron chi connectivity index (χ0n) is 10.4. The number of aliphatic hydroxyl groups excluding tert-OH is 1. The number of rotatable bonds is 5. The molecule has 2 heterocycles. The number of nitrogens with zero attached hydrogens (tertiary/aromatic N) is 1. The molecule has 0 radical (unpaired) electrons. The third-order valence-electron chi connectivity index (χ3n) is 2.75. The Morgan fingerprint density at radius 3 is 2.80 bits per heavy atom. The molecular weight excluding hydrogens is 289 g/mol. The van der Waals surface area contributed by atoms with Gasteiger partial charge in [-0.05, 0) is 34.5 Å². The van der Waals surface area contributed by atoms with Gasteiger partial charge in [0.2, 0.25) is 0 Å². The molecular formula is C13H13F3N2OS. The van der Waals surface area contributed by atoms with Gasteiger partial charge in [0.05, 0.1) is 17.4 Å². The van der Waals surface area contributed by atoms with Crippen LogP contribution < -0.4 is 5.32 Å². The summed E-state index contributed by atoms with van der Waals surface area (Å²) in [5.41, 5.74) is -0.0744. The van der Waals surface area contributed by atoms with Gasteiger partial charge in [0, 0.05) is 19.3 Å². The molecule has 2 aromatic rings. The van der Waals surface area contributed by atoms with E-state index in [0.29, 0.717) is 0 Å². The van der Waals surface area contributed by atoms with E-state index in [1.807, 2.05) is 5.38 Å². The highest BCUT2D eigenvalue weighted by Gasteiger charge is 2.33. The highest BCUT2D eigenvalue weighted by molar-refractivity contribution is 7.07. The molecule has 0 aromatic carbocycles. The Morgan fingerprint density at radius 2 is 2.15 bits per heavy atom. The minimum absolute atomic E-state index is 0.0448. The molecule has 0 spiro atoms. The van der Waals surface area contributed by atoms with E-state index in [9.17, 15) is 18.3 Å². The van der Waals surface area contributed by atoms with Crippen molar-refractivity contribution in [1.82, 2.24) is 10.3 Å². The minimum Gasteiger partial charge on any atom is -0.387 e. The SMILES string of the molecule is OC(CNCc1ncccc1C(F)(F)F)c1ccsc1. The molecule has 0 aliphatic carbocycles. The number of pyridine rings is 1. The fourth-order valence-electron chi connectivity index (χ4n) is 1.75. The Morgan fingerprint density at radius 1 is 1.35 bits per heavy atom. The number of thiophene rings is 1. The van der Waals surface area contributed by atoms with Crippen molar-refractivity contribution in [3.05, 3.63) is 52.0 Å². The number of aliphatic hydroxyl groups is 1. The first kappa shape index (κ1) is 15.0. The lowest BCUT2D eigenvalue weighted by Crippen LogP contribution is -2.23. The van der Waals surface area contributed by atoms with E-state index >= 15 is 0 Å². The normalized spacial score (nSPS) is 13.4. The van der Waals surface area contributed by atoms with Gasteiger partial charge in [-0.1, -0.05) is 0 Å². The summed E-state index contributed by atoms with van der Waals surface area (Å²) in [6.45, 7) is 0.126. The first-order valence-electron chi connectivity index (χ1n) is 5.90. The van der Waals surface area contributed by atoms with Crippen molar-refractivity contribution < 1.29 is 18.3 Å². The van der Waals surface area contributed by atoms with E-state index in [0.717, 1.165) is 11.6 Å². The van der Waals surface area contributed by atoms with Crippen LogP contribution >= 0.6 is 11.3 Å². The lowest BCUT2D eigenvalue weighted by molar-refractivity contribution is -0.138. The fraction of sp³-hybridized carbons (Fsp3) is 0.308. The molecule has 0 fully saturated rings. The maximum Gasteiger partial charge on any atom is 0.418 e. The summed E-state index contributed by atoms with van der Waals surface area (Å²) in [6, 6.07) is 4.03. The predicted octanol–water partition coefficient (Wildman–Crippen LogP) is 2.99. The zero-order chi connectivity index (χ0) is 14.6. The Kier molecular flexibility index (Phi) is 4.74. The molecule has 1 atom stereocenters. The number of alkyl halides is 3. The molecule has 1 unspecified atom stereocenters. The van der Waals surface area contributed by atoms with Gasteiger partial charge in [0.25, 0.3) is 0 Å². The number of hydrogen-bond acceptors (Lipinski definition) is 4. The average molecular weight is 302 g/mol. The molecule has 0 aliphatic heterocycles. The summed E-state index contributed by atoms with van der Waals surface area (Å²) in [4.78, 5) is 3.74. The number of halogens is 3. The van der Waals surface area contributed by atoms with Crippen LogP contribution in [0.4, 0.5) is 13.2 Å². The Balaban J connectivity index is 1.95. The van der Waals surface area contributed by atoms with Crippen molar-refractivity contribution in [3.8, 4) is 0 Å². The van der Waals surface area contributed by atoms with Gasteiger partial charge in [-0.25, -0.2) is 0 Å². The second-order valence-corrected chi connectivity index (χ2v) is 4.98. The van der Waals surface area contributed by atoms with Gasteiger partial charge in [-0.15, -0.1) is 0 Å². The molecule has 2 aromatic heterocycles. The number of aromatic nitrogens is 1. The van der Waals surface area contributed by atoms with Gasteiger partial charge in [-0.2, -0.15) is 24.5 Å². The van der Waals surface area contributed by atoms with Crippen molar-refractivity contribution in [3.63, 3.8) is 0 Å². The van der Waals surface area contributed by atoms with Crippen LogP contribution in [0.3, 0.4) is 0 Å². The van der Waals surface area contributed by atoms with E-state index in [1.165, 1.54) is 23.6 Å². The van der Waals surface area contributed by atoms with Gasteiger partial charge in [0.1, 0.15) is 0 Å². The molecule has 108 valence electrons. The zero-order valence-corrected chi connectivity index (χ0v) is 11.2. The topological polar surface area (TPSA) is 45.1 Å². The number of hydrogen-bond donors (Lipinski definition) is 2. The lowest BCUT2D eigenvalue weighted by Gasteiger charge is -2.14. The summed E-state index contributed by atoms with van der Waals surface area (Å²) in [6.07, 6.45) is -3.84. The van der Waals surface area contributed by atoms with Crippen LogP contribution in [0, 0.1) is 0 Å². The van der Waals surface area contributed by atoms with Gasteiger partial charge in [0.15, 0.2) is 0 Å². The maximum absolute atomic E-state index is 12.7. The molecule has 0 saturated heterocycles. The minimum atomic E-state index is -4.42. The van der Waals surface area contributed by atoms with E-state index in [1.54, 1.807) is 11.4 Å². The molecule has 0 bridgehead atoms. The standard InChI is InChI=1S/C13H13F3N2OS/c14-13(15,16)10-2-1-4-18-11(10)6-17-7-12(19)9-3-5-20-8-9/h1-5,8,12,17,19H,6-7H2. The van der Waals surface area contributed by atoms with Crippen molar-refractivity contribution >= 4 is 11.3 Å². The average Bonchev–Trinajstić information content (AvgIpc) is 2.92. The largest absolute Gasteiger partial charge is 0.418 e. The Hall–Kier alpha value is -1.44. The van der Waals surface area contributed by atoms with Crippen LogP contribution in [-0.2, 0) is 12.7 Å². The van der Waals surface area contributed by atoms with Crippen molar-refractivity contribution in [2.75, 3.05) is 6.54 Å². The number of nitrogens with one attached hydrogen (secondary N) is 1. The molecule has 0 saturated carbocycles. The van der Waals surface area contributed by atoms with Crippen LogP contribution in [-0.4, -0.2) is 16.6 Å². The Labute approximate surface area is 118 Å². The second-order valence-electron chi connectivity index (χ2n) is 4.20. The maximum atomic E-state index is 12.7. The van der Waals surface area contributed by atoms with Crippen LogP contribution in [0.2, 0.25) is 0 Å². The van der Waals surface area contributed by atoms with Crippen molar-refractivity contribution in [1.29, 1.82) is 0 Å². The van der Waals surface area contributed by atoms with E-state index in [-0.39, 0.29) is 18.8 Å². The van der Waals surface area contributed by atoms with Crippen molar-refractivity contribution in [2.45, 2.75) is 18.8 Å².